The zero-order valence-corrected chi connectivity index (χ0v) is 35.3. The van der Waals surface area contributed by atoms with Crippen LogP contribution in [0.1, 0.15) is 54.1 Å². The number of nitrogens with one attached hydrogen (secondary N) is 1. The molecule has 320 valence electrons. The Labute approximate surface area is 364 Å². The Bertz CT molecular complexity index is 2490. The van der Waals surface area contributed by atoms with E-state index in [1.807, 2.05) is 82.4 Å². The molecule has 0 bridgehead atoms. The van der Waals surface area contributed by atoms with Gasteiger partial charge in [-0.1, -0.05) is 30.3 Å². The zero-order chi connectivity index (χ0) is 42.6. The summed E-state index contributed by atoms with van der Waals surface area (Å²) >= 11 is 1.76. The Morgan fingerprint density at radius 3 is 2.50 bits per heavy atom. The molecule has 0 aliphatic carbocycles. The van der Waals surface area contributed by atoms with Gasteiger partial charge < -0.3 is 25.2 Å². The molecule has 0 saturated carbocycles. The van der Waals surface area contributed by atoms with E-state index in [4.69, 9.17) is 15.6 Å². The van der Waals surface area contributed by atoms with Crippen molar-refractivity contribution < 1.29 is 23.9 Å². The van der Waals surface area contributed by atoms with Gasteiger partial charge >= 0.3 is 0 Å². The van der Waals surface area contributed by atoms with Gasteiger partial charge in [0.15, 0.2) is 5.65 Å². The number of piperazine rings is 1. The van der Waals surface area contributed by atoms with Crippen LogP contribution in [0.25, 0.3) is 22.3 Å². The molecule has 9 rings (SSSR count). The van der Waals surface area contributed by atoms with Crippen molar-refractivity contribution in [2.24, 2.45) is 0 Å². The molecule has 3 saturated heterocycles. The second kappa shape index (κ2) is 18.5. The lowest BCUT2D eigenvalue weighted by molar-refractivity contribution is -0.137. The smallest absolute Gasteiger partial charge is 0.255 e. The van der Waals surface area contributed by atoms with Crippen LogP contribution >= 0.6 is 11.8 Å². The Hall–Kier alpha value is -6.10. The van der Waals surface area contributed by atoms with Crippen LogP contribution in [0.5, 0.6) is 11.5 Å². The quantitative estimate of drug-likeness (QED) is 0.0692. The van der Waals surface area contributed by atoms with Gasteiger partial charge in [0.25, 0.3) is 5.91 Å². The number of para-hydroxylation sites is 1. The lowest BCUT2D eigenvalue weighted by Crippen LogP contribution is -2.52. The number of rotatable bonds is 13. The van der Waals surface area contributed by atoms with E-state index in [9.17, 15) is 19.2 Å². The fraction of sp³-hybridized carbons (Fsp3) is 0.370. The fourth-order valence-corrected chi connectivity index (χ4v) is 9.90. The number of fused-ring (bicyclic) bond motifs is 2. The Morgan fingerprint density at radius 2 is 1.69 bits per heavy atom. The van der Waals surface area contributed by atoms with Crippen LogP contribution in [-0.2, 0) is 20.9 Å². The molecule has 2 unspecified atom stereocenters. The molecule has 0 spiro atoms. The molecule has 2 aromatic heterocycles. The second-order valence-electron chi connectivity index (χ2n) is 16.2. The van der Waals surface area contributed by atoms with Crippen LogP contribution < -0.4 is 15.8 Å². The Balaban J connectivity index is 0.733. The van der Waals surface area contributed by atoms with Crippen molar-refractivity contribution in [2.45, 2.75) is 55.6 Å². The van der Waals surface area contributed by atoms with Crippen LogP contribution in [0.4, 0.5) is 5.82 Å². The van der Waals surface area contributed by atoms with E-state index in [-0.39, 0.29) is 36.1 Å². The second-order valence-corrected chi connectivity index (χ2v) is 17.3. The molecule has 3 fully saturated rings. The summed E-state index contributed by atoms with van der Waals surface area (Å²) in [5.74, 6) is 1.95. The van der Waals surface area contributed by atoms with E-state index in [0.717, 1.165) is 86.1 Å². The summed E-state index contributed by atoms with van der Waals surface area (Å²) < 4.78 is 7.92. The first kappa shape index (κ1) is 41.3. The standard InChI is InChI=1S/C46H50N10O5S/c47-43-41-42(31-14-16-34(17-15-31)61-33-9-2-1-3-10-33)51-56(44(41)49-30-48-43)32-8-5-22-54(28-32)40(58)13-6-20-52-23-25-53(26-24-52)21-7-27-62-38-12-4-11-35-36(38)29-55(46(35)60)37-18-19-39(57)50-45(37)59/h1-4,6,9-17,30,32,37H,5,7-8,18-29H2,(H2,47,48,49)(H,50,57,59)/b13-6+. The minimum absolute atomic E-state index is 0.00257. The topological polar surface area (TPSA) is 172 Å². The molecular formula is C46H50N10O5S. The number of nitrogens with two attached hydrogens (primary N) is 1. The van der Waals surface area contributed by atoms with Crippen LogP contribution in [0.3, 0.4) is 0 Å². The van der Waals surface area contributed by atoms with Crippen molar-refractivity contribution in [1.82, 2.24) is 44.7 Å². The maximum Gasteiger partial charge on any atom is 0.255 e. The summed E-state index contributed by atoms with van der Waals surface area (Å²) in [7, 11) is 0. The number of hydrogen-bond acceptors (Lipinski definition) is 12. The largest absolute Gasteiger partial charge is 0.457 e. The molecule has 4 aliphatic rings. The highest BCUT2D eigenvalue weighted by molar-refractivity contribution is 7.99. The van der Waals surface area contributed by atoms with Crippen LogP contribution in [0, 0.1) is 0 Å². The number of anilines is 1. The number of amides is 4. The molecule has 15 nitrogen and oxygen atoms in total. The maximum absolute atomic E-state index is 13.5. The van der Waals surface area contributed by atoms with E-state index < -0.39 is 6.04 Å². The van der Waals surface area contributed by atoms with Crippen molar-refractivity contribution >= 4 is 52.2 Å². The third-order valence-corrected chi connectivity index (χ3v) is 13.4. The maximum atomic E-state index is 13.5. The molecule has 2 atom stereocenters. The molecule has 62 heavy (non-hydrogen) atoms. The van der Waals surface area contributed by atoms with Gasteiger partial charge in [0.2, 0.25) is 17.7 Å². The van der Waals surface area contributed by atoms with Gasteiger partial charge in [0.05, 0.1) is 11.4 Å². The summed E-state index contributed by atoms with van der Waals surface area (Å²) in [5.41, 5.74) is 10.3. The summed E-state index contributed by atoms with van der Waals surface area (Å²) in [6, 6.07) is 22.5. The number of thioether (sulfide) groups is 1. The molecule has 4 amide bonds. The van der Waals surface area contributed by atoms with Gasteiger partial charge in [0.1, 0.15) is 35.4 Å². The van der Waals surface area contributed by atoms with Gasteiger partial charge in [-0.2, -0.15) is 5.10 Å². The van der Waals surface area contributed by atoms with Crippen molar-refractivity contribution in [3.05, 3.63) is 102 Å². The summed E-state index contributed by atoms with van der Waals surface area (Å²) in [6.45, 7) is 7.12. The number of imide groups is 1. The summed E-state index contributed by atoms with van der Waals surface area (Å²) in [5, 5.41) is 8.12. The van der Waals surface area contributed by atoms with Crippen molar-refractivity contribution in [3.63, 3.8) is 0 Å². The van der Waals surface area contributed by atoms with Gasteiger partial charge in [-0.3, -0.25) is 29.4 Å². The molecule has 5 aromatic rings. The Kier molecular flexibility index (Phi) is 12.3. The van der Waals surface area contributed by atoms with E-state index >= 15 is 0 Å². The number of nitrogens with zero attached hydrogens (tertiary/aromatic N) is 8. The average molecular weight is 855 g/mol. The monoisotopic (exact) mass is 854 g/mol. The summed E-state index contributed by atoms with van der Waals surface area (Å²) in [6.07, 6.45) is 8.50. The fourth-order valence-electron chi connectivity index (χ4n) is 8.88. The molecule has 16 heteroatoms. The zero-order valence-electron chi connectivity index (χ0n) is 34.5. The van der Waals surface area contributed by atoms with E-state index in [1.54, 1.807) is 22.7 Å². The lowest BCUT2D eigenvalue weighted by atomic mass is 10.0. The predicted octanol–water partition coefficient (Wildman–Crippen LogP) is 5.15. The molecule has 0 radical (unpaired) electrons. The Morgan fingerprint density at radius 1 is 0.903 bits per heavy atom. The number of piperidine rings is 2. The van der Waals surface area contributed by atoms with Crippen molar-refractivity contribution in [1.29, 1.82) is 0 Å². The number of likely N-dealkylation sites (tertiary alicyclic amines) is 1. The number of carbonyl (C=O) groups is 4. The summed E-state index contributed by atoms with van der Waals surface area (Å²) in [4.78, 5) is 69.2. The first-order chi connectivity index (χ1) is 30.3. The van der Waals surface area contributed by atoms with Gasteiger partial charge in [0, 0.05) is 80.9 Å². The highest BCUT2D eigenvalue weighted by Gasteiger charge is 2.40. The third kappa shape index (κ3) is 8.94. The molecule has 3 aromatic carbocycles. The van der Waals surface area contributed by atoms with E-state index in [2.05, 4.69) is 31.2 Å². The first-order valence-corrected chi connectivity index (χ1v) is 22.4. The minimum Gasteiger partial charge on any atom is -0.457 e. The minimum atomic E-state index is -0.609. The lowest BCUT2D eigenvalue weighted by Gasteiger charge is -2.34. The molecular weight excluding hydrogens is 805 g/mol. The van der Waals surface area contributed by atoms with Gasteiger partial charge in [-0.25, -0.2) is 14.6 Å². The molecule has 6 heterocycles. The number of ether oxygens (including phenoxy) is 1. The third-order valence-electron chi connectivity index (χ3n) is 12.2. The number of carbonyl (C=O) groups excluding carboxylic acids is 4. The van der Waals surface area contributed by atoms with Crippen molar-refractivity contribution in [3.8, 4) is 22.8 Å². The van der Waals surface area contributed by atoms with E-state index in [0.29, 0.717) is 59.9 Å². The van der Waals surface area contributed by atoms with Gasteiger partial charge in [-0.05, 0) is 92.1 Å². The molecule has 4 aliphatic heterocycles. The SMILES string of the molecule is Nc1ncnc2c1c(-c1ccc(Oc3ccccc3)cc1)nn2C1CCCN(C(=O)/C=C/CN2CCN(CCCSc3cccc4c3CN(C3CCC(=O)NC3=O)C4=O)CC2)C1. The predicted molar refractivity (Wildman–Crippen MR) is 236 cm³/mol. The highest BCUT2D eigenvalue weighted by atomic mass is 32.2. The van der Waals surface area contributed by atoms with E-state index in [1.165, 1.54) is 6.33 Å². The number of nitrogen functional groups attached to an aromatic ring is 1. The van der Waals surface area contributed by atoms with Crippen LogP contribution in [0.15, 0.2) is 96.2 Å². The number of benzene rings is 3. The normalized spacial score (nSPS) is 20.0. The van der Waals surface area contributed by atoms with Gasteiger partial charge in [-0.15, -0.1) is 11.8 Å². The number of aromatic nitrogens is 4. The van der Waals surface area contributed by atoms with Crippen LogP contribution in [0.2, 0.25) is 0 Å². The van der Waals surface area contributed by atoms with Crippen molar-refractivity contribution in [2.75, 3.05) is 63.8 Å². The van der Waals surface area contributed by atoms with Crippen LogP contribution in [-0.4, -0.2) is 127 Å². The first-order valence-electron chi connectivity index (χ1n) is 21.4. The number of hydrogen-bond donors (Lipinski definition) is 2. The highest BCUT2D eigenvalue weighted by Crippen LogP contribution is 2.36. The molecule has 3 N–H and O–H groups in total. The average Bonchev–Trinajstić information content (AvgIpc) is 3.85.